The number of carboxylic acids is 1. The van der Waals surface area contributed by atoms with E-state index in [4.69, 9.17) is 5.11 Å². The van der Waals surface area contributed by atoms with Crippen molar-refractivity contribution >= 4 is 11.9 Å². The Kier molecular flexibility index (Phi) is 5.83. The predicted molar refractivity (Wildman–Crippen MR) is 74.8 cm³/mol. The van der Waals surface area contributed by atoms with Crippen LogP contribution in [0.25, 0.3) is 0 Å². The van der Waals surface area contributed by atoms with Crippen LogP contribution in [0.4, 0.5) is 0 Å². The lowest BCUT2D eigenvalue weighted by Crippen LogP contribution is -2.41. The molecule has 1 saturated carbocycles. The van der Waals surface area contributed by atoms with Crippen LogP contribution < -0.4 is 5.32 Å². The van der Waals surface area contributed by atoms with Crippen LogP contribution in [0.5, 0.6) is 0 Å². The minimum absolute atomic E-state index is 0.130. The zero-order valence-corrected chi connectivity index (χ0v) is 12.4. The monoisotopic (exact) mass is 269 g/mol. The van der Waals surface area contributed by atoms with Crippen molar-refractivity contribution in [2.45, 2.75) is 71.8 Å². The summed E-state index contributed by atoms with van der Waals surface area (Å²) in [7, 11) is 0. The molecule has 4 nitrogen and oxygen atoms in total. The lowest BCUT2D eigenvalue weighted by atomic mass is 9.87. The number of hydrogen-bond acceptors (Lipinski definition) is 2. The second kappa shape index (κ2) is 6.92. The lowest BCUT2D eigenvalue weighted by molar-refractivity contribution is -0.141. The molecule has 110 valence electrons. The van der Waals surface area contributed by atoms with Crippen molar-refractivity contribution in [2.24, 2.45) is 11.3 Å². The maximum Gasteiger partial charge on any atom is 0.306 e. The van der Waals surface area contributed by atoms with Crippen LogP contribution in [0.1, 0.15) is 65.7 Å². The number of amides is 1. The summed E-state index contributed by atoms with van der Waals surface area (Å²) in [6, 6.07) is 0.130. The third-order valence-corrected chi connectivity index (χ3v) is 4.33. The summed E-state index contributed by atoms with van der Waals surface area (Å²) in [5, 5.41) is 11.9. The van der Waals surface area contributed by atoms with Crippen molar-refractivity contribution in [3.63, 3.8) is 0 Å². The first-order valence-corrected chi connectivity index (χ1v) is 7.39. The Balaban J connectivity index is 2.25. The molecule has 1 aliphatic rings. The minimum Gasteiger partial charge on any atom is -0.481 e. The van der Waals surface area contributed by atoms with Crippen LogP contribution in [-0.2, 0) is 9.59 Å². The van der Waals surface area contributed by atoms with E-state index in [0.717, 1.165) is 38.5 Å². The van der Waals surface area contributed by atoms with Crippen LogP contribution in [0.15, 0.2) is 0 Å². The van der Waals surface area contributed by atoms with Gasteiger partial charge in [0.1, 0.15) is 0 Å². The van der Waals surface area contributed by atoms with E-state index in [9.17, 15) is 9.59 Å². The number of carbonyl (C=O) groups is 2. The molecule has 1 fully saturated rings. The van der Waals surface area contributed by atoms with Crippen molar-refractivity contribution in [3.8, 4) is 0 Å². The van der Waals surface area contributed by atoms with Crippen LogP contribution in [0.2, 0.25) is 0 Å². The van der Waals surface area contributed by atoms with Crippen LogP contribution in [0, 0.1) is 11.3 Å². The summed E-state index contributed by atoms with van der Waals surface area (Å²) in [5.41, 5.74) is -0.178. The quantitative estimate of drug-likeness (QED) is 0.746. The summed E-state index contributed by atoms with van der Waals surface area (Å²) in [6.07, 6.45) is 6.63. The second-order valence-electron chi connectivity index (χ2n) is 6.31. The van der Waals surface area contributed by atoms with Crippen molar-refractivity contribution in [1.29, 1.82) is 0 Å². The van der Waals surface area contributed by atoms with Gasteiger partial charge in [-0.15, -0.1) is 0 Å². The molecule has 4 heteroatoms. The number of carbonyl (C=O) groups excluding carboxylic acids is 1. The van der Waals surface area contributed by atoms with Gasteiger partial charge < -0.3 is 10.4 Å². The maximum atomic E-state index is 12.2. The molecular formula is C15H27NO3. The van der Waals surface area contributed by atoms with Crippen LogP contribution >= 0.6 is 0 Å². The van der Waals surface area contributed by atoms with Gasteiger partial charge in [0.15, 0.2) is 0 Å². The van der Waals surface area contributed by atoms with Gasteiger partial charge in [-0.2, -0.15) is 0 Å². The largest absolute Gasteiger partial charge is 0.481 e. The number of carboxylic acid groups (broad SMARTS) is 1. The Hall–Kier alpha value is -1.06. The third kappa shape index (κ3) is 4.84. The SMILES string of the molecule is CC(CCCC(C)C(=O)O)NC(=O)C1(C)CCCC1. The van der Waals surface area contributed by atoms with Crippen molar-refractivity contribution in [1.82, 2.24) is 5.32 Å². The summed E-state index contributed by atoms with van der Waals surface area (Å²) < 4.78 is 0. The van der Waals surface area contributed by atoms with Crippen LogP contribution in [-0.4, -0.2) is 23.0 Å². The van der Waals surface area contributed by atoms with E-state index in [-0.39, 0.29) is 23.3 Å². The second-order valence-corrected chi connectivity index (χ2v) is 6.31. The molecule has 0 aromatic rings. The zero-order chi connectivity index (χ0) is 14.5. The Morgan fingerprint density at radius 2 is 1.79 bits per heavy atom. The van der Waals surface area contributed by atoms with E-state index in [1.54, 1.807) is 6.92 Å². The minimum atomic E-state index is -0.741. The number of hydrogen-bond donors (Lipinski definition) is 2. The van der Waals surface area contributed by atoms with E-state index < -0.39 is 5.97 Å². The van der Waals surface area contributed by atoms with Crippen molar-refractivity contribution in [3.05, 3.63) is 0 Å². The maximum absolute atomic E-state index is 12.2. The molecule has 19 heavy (non-hydrogen) atoms. The fraction of sp³-hybridized carbons (Fsp3) is 0.867. The Morgan fingerprint density at radius 1 is 1.21 bits per heavy atom. The summed E-state index contributed by atoms with van der Waals surface area (Å²) in [5.74, 6) is -0.866. The fourth-order valence-electron chi connectivity index (χ4n) is 2.71. The van der Waals surface area contributed by atoms with E-state index in [2.05, 4.69) is 12.2 Å². The van der Waals surface area contributed by atoms with Gasteiger partial charge in [0.2, 0.25) is 5.91 Å². The van der Waals surface area contributed by atoms with Crippen molar-refractivity contribution < 1.29 is 14.7 Å². The number of nitrogens with one attached hydrogen (secondary N) is 1. The Bertz CT molecular complexity index is 321. The molecule has 0 spiro atoms. The highest BCUT2D eigenvalue weighted by molar-refractivity contribution is 5.82. The number of aliphatic carboxylic acids is 1. The molecule has 0 aromatic heterocycles. The highest BCUT2D eigenvalue weighted by Gasteiger charge is 2.36. The molecule has 0 aromatic carbocycles. The van der Waals surface area contributed by atoms with Gasteiger partial charge in [-0.05, 0) is 32.6 Å². The van der Waals surface area contributed by atoms with Gasteiger partial charge in [0.25, 0.3) is 0 Å². The van der Waals surface area contributed by atoms with Gasteiger partial charge in [0, 0.05) is 11.5 Å². The molecule has 2 unspecified atom stereocenters. The molecule has 2 N–H and O–H groups in total. The van der Waals surface area contributed by atoms with Gasteiger partial charge in [-0.1, -0.05) is 33.1 Å². The first-order chi connectivity index (χ1) is 8.85. The van der Waals surface area contributed by atoms with Gasteiger partial charge in [-0.3, -0.25) is 9.59 Å². The number of rotatable bonds is 7. The molecule has 1 aliphatic carbocycles. The fourth-order valence-corrected chi connectivity index (χ4v) is 2.71. The highest BCUT2D eigenvalue weighted by atomic mass is 16.4. The average Bonchev–Trinajstić information content (AvgIpc) is 2.77. The van der Waals surface area contributed by atoms with Crippen molar-refractivity contribution in [2.75, 3.05) is 0 Å². The molecule has 0 aliphatic heterocycles. The lowest BCUT2D eigenvalue weighted by Gasteiger charge is -2.25. The van der Waals surface area contributed by atoms with Gasteiger partial charge >= 0.3 is 5.97 Å². The average molecular weight is 269 g/mol. The molecule has 0 radical (unpaired) electrons. The zero-order valence-electron chi connectivity index (χ0n) is 12.4. The van der Waals surface area contributed by atoms with E-state index >= 15 is 0 Å². The summed E-state index contributed by atoms with van der Waals surface area (Å²) in [4.78, 5) is 22.9. The van der Waals surface area contributed by atoms with Crippen LogP contribution in [0.3, 0.4) is 0 Å². The van der Waals surface area contributed by atoms with Gasteiger partial charge in [0.05, 0.1) is 5.92 Å². The predicted octanol–water partition coefficient (Wildman–Crippen LogP) is 2.96. The first-order valence-electron chi connectivity index (χ1n) is 7.39. The van der Waals surface area contributed by atoms with E-state index in [1.807, 2.05) is 6.92 Å². The summed E-state index contributed by atoms with van der Waals surface area (Å²) >= 11 is 0. The molecule has 2 atom stereocenters. The molecular weight excluding hydrogens is 242 g/mol. The molecule has 1 amide bonds. The standard InChI is InChI=1S/C15H27NO3/c1-11(13(17)18)7-6-8-12(2)16-14(19)15(3)9-4-5-10-15/h11-12H,4-10H2,1-3H3,(H,16,19)(H,17,18). The Labute approximate surface area is 116 Å². The molecule has 1 rings (SSSR count). The molecule has 0 bridgehead atoms. The van der Waals surface area contributed by atoms with Gasteiger partial charge in [-0.25, -0.2) is 0 Å². The Morgan fingerprint density at radius 3 is 2.32 bits per heavy atom. The molecule has 0 heterocycles. The highest BCUT2D eigenvalue weighted by Crippen LogP contribution is 2.37. The third-order valence-electron chi connectivity index (χ3n) is 4.33. The summed E-state index contributed by atoms with van der Waals surface area (Å²) in [6.45, 7) is 5.78. The normalized spacial score (nSPS) is 20.8. The van der Waals surface area contributed by atoms with E-state index in [1.165, 1.54) is 0 Å². The van der Waals surface area contributed by atoms with E-state index in [0.29, 0.717) is 6.42 Å². The molecule has 0 saturated heterocycles. The smallest absolute Gasteiger partial charge is 0.306 e. The topological polar surface area (TPSA) is 66.4 Å². The first kappa shape index (κ1) is 16.0.